The third-order valence-corrected chi connectivity index (χ3v) is 3.29. The SMILES string of the molecule is CCNc1snnc1COCc1ccc(Cl)cc1. The Balaban J connectivity index is 1.84. The number of nitrogens with zero attached hydrogens (tertiary/aromatic N) is 2. The molecule has 0 radical (unpaired) electrons. The van der Waals surface area contributed by atoms with Crippen molar-refractivity contribution in [3.05, 3.63) is 40.5 Å². The van der Waals surface area contributed by atoms with Crippen molar-refractivity contribution in [3.63, 3.8) is 0 Å². The molecule has 2 rings (SSSR count). The molecule has 6 heteroatoms. The van der Waals surface area contributed by atoms with Gasteiger partial charge in [-0.05, 0) is 24.6 Å². The number of aromatic nitrogens is 2. The Morgan fingerprint density at radius 1 is 1.28 bits per heavy atom. The van der Waals surface area contributed by atoms with Gasteiger partial charge in [0.05, 0.1) is 13.2 Å². The summed E-state index contributed by atoms with van der Waals surface area (Å²) in [6, 6.07) is 7.61. The summed E-state index contributed by atoms with van der Waals surface area (Å²) in [5.74, 6) is 0. The highest BCUT2D eigenvalue weighted by Crippen LogP contribution is 2.18. The van der Waals surface area contributed by atoms with Crippen LogP contribution in [0.1, 0.15) is 18.2 Å². The lowest BCUT2D eigenvalue weighted by molar-refractivity contribution is 0.105. The van der Waals surface area contributed by atoms with Gasteiger partial charge in [0, 0.05) is 23.1 Å². The van der Waals surface area contributed by atoms with Crippen LogP contribution < -0.4 is 5.32 Å². The lowest BCUT2D eigenvalue weighted by Gasteiger charge is -2.04. The van der Waals surface area contributed by atoms with E-state index >= 15 is 0 Å². The largest absolute Gasteiger partial charge is 0.374 e. The number of nitrogens with one attached hydrogen (secondary N) is 1. The van der Waals surface area contributed by atoms with Gasteiger partial charge in [-0.1, -0.05) is 28.2 Å². The number of halogens is 1. The molecule has 0 fully saturated rings. The number of benzene rings is 1. The van der Waals surface area contributed by atoms with Gasteiger partial charge < -0.3 is 10.1 Å². The fraction of sp³-hybridized carbons (Fsp3) is 0.333. The van der Waals surface area contributed by atoms with Gasteiger partial charge in [-0.25, -0.2) is 0 Å². The second-order valence-corrected chi connectivity index (χ2v) is 4.89. The van der Waals surface area contributed by atoms with E-state index in [0.717, 1.165) is 27.8 Å². The molecule has 0 bridgehead atoms. The number of ether oxygens (including phenoxy) is 1. The van der Waals surface area contributed by atoms with Crippen LogP contribution in [0.15, 0.2) is 24.3 Å². The molecule has 0 spiro atoms. The molecular formula is C12H14ClN3OS. The van der Waals surface area contributed by atoms with Crippen LogP contribution in [0, 0.1) is 0 Å². The molecule has 0 amide bonds. The first kappa shape index (κ1) is 13.3. The highest BCUT2D eigenvalue weighted by Gasteiger charge is 2.06. The van der Waals surface area contributed by atoms with Gasteiger partial charge in [0.2, 0.25) is 0 Å². The predicted octanol–water partition coefficient (Wildman–Crippen LogP) is 3.34. The molecule has 96 valence electrons. The first-order chi connectivity index (χ1) is 8.79. The van der Waals surface area contributed by atoms with Gasteiger partial charge in [0.25, 0.3) is 0 Å². The van der Waals surface area contributed by atoms with Crippen molar-refractivity contribution in [3.8, 4) is 0 Å². The lowest BCUT2D eigenvalue weighted by atomic mass is 10.2. The molecule has 0 aliphatic heterocycles. The highest BCUT2D eigenvalue weighted by molar-refractivity contribution is 7.10. The molecule has 0 aliphatic rings. The van der Waals surface area contributed by atoms with Crippen molar-refractivity contribution >= 4 is 28.1 Å². The van der Waals surface area contributed by atoms with Crippen LogP contribution >= 0.6 is 23.1 Å². The molecule has 4 nitrogen and oxygen atoms in total. The topological polar surface area (TPSA) is 47.0 Å². The molecule has 0 saturated heterocycles. The van der Waals surface area contributed by atoms with Crippen LogP contribution in [0.4, 0.5) is 5.00 Å². The molecule has 0 unspecified atom stereocenters. The summed E-state index contributed by atoms with van der Waals surface area (Å²) < 4.78 is 9.52. The maximum absolute atomic E-state index is 5.82. The van der Waals surface area contributed by atoms with E-state index in [1.54, 1.807) is 0 Å². The maximum atomic E-state index is 5.82. The lowest BCUT2D eigenvalue weighted by Crippen LogP contribution is -2.00. The van der Waals surface area contributed by atoms with E-state index in [4.69, 9.17) is 16.3 Å². The van der Waals surface area contributed by atoms with E-state index in [0.29, 0.717) is 13.2 Å². The van der Waals surface area contributed by atoms with Gasteiger partial charge in [-0.2, -0.15) is 0 Å². The van der Waals surface area contributed by atoms with Crippen molar-refractivity contribution in [2.24, 2.45) is 0 Å². The van der Waals surface area contributed by atoms with Crippen LogP contribution in [-0.4, -0.2) is 16.1 Å². The van der Waals surface area contributed by atoms with Crippen LogP contribution in [0.2, 0.25) is 5.02 Å². The van der Waals surface area contributed by atoms with Crippen LogP contribution in [0.25, 0.3) is 0 Å². The van der Waals surface area contributed by atoms with Gasteiger partial charge in [-0.3, -0.25) is 0 Å². The third kappa shape index (κ3) is 3.66. The average Bonchev–Trinajstić information content (AvgIpc) is 2.80. The second-order valence-electron chi connectivity index (χ2n) is 3.70. The quantitative estimate of drug-likeness (QED) is 0.883. The van der Waals surface area contributed by atoms with E-state index < -0.39 is 0 Å². The first-order valence-corrected chi connectivity index (χ1v) is 6.82. The first-order valence-electron chi connectivity index (χ1n) is 5.67. The minimum Gasteiger partial charge on any atom is -0.374 e. The Bertz CT molecular complexity index is 486. The Morgan fingerprint density at radius 2 is 2.06 bits per heavy atom. The van der Waals surface area contributed by atoms with E-state index in [1.807, 2.05) is 31.2 Å². The number of anilines is 1. The molecule has 1 N–H and O–H groups in total. The Kier molecular flexibility index (Phi) is 4.92. The summed E-state index contributed by atoms with van der Waals surface area (Å²) in [5.41, 5.74) is 1.95. The predicted molar refractivity (Wildman–Crippen MR) is 74.0 cm³/mol. The Labute approximate surface area is 115 Å². The molecule has 18 heavy (non-hydrogen) atoms. The van der Waals surface area contributed by atoms with Crippen LogP contribution in [0.5, 0.6) is 0 Å². The molecule has 0 atom stereocenters. The third-order valence-electron chi connectivity index (χ3n) is 2.31. The second kappa shape index (κ2) is 6.68. The van der Waals surface area contributed by atoms with Gasteiger partial charge in [0.15, 0.2) is 0 Å². The smallest absolute Gasteiger partial charge is 0.135 e. The molecule has 1 heterocycles. The minimum atomic E-state index is 0.460. The monoisotopic (exact) mass is 283 g/mol. The van der Waals surface area contributed by atoms with Crippen molar-refractivity contribution in [1.82, 2.24) is 9.59 Å². The molecular weight excluding hydrogens is 270 g/mol. The summed E-state index contributed by atoms with van der Waals surface area (Å²) >= 11 is 7.17. The number of rotatable bonds is 6. The van der Waals surface area contributed by atoms with E-state index in [1.165, 1.54) is 11.5 Å². The molecule has 1 aromatic carbocycles. The number of hydrogen-bond donors (Lipinski definition) is 1. The van der Waals surface area contributed by atoms with Gasteiger partial charge in [0.1, 0.15) is 10.7 Å². The average molecular weight is 284 g/mol. The standard InChI is InChI=1S/C12H14ClN3OS/c1-2-14-12-11(15-16-18-12)8-17-7-9-3-5-10(13)6-4-9/h3-6,14H,2,7-8H2,1H3. The fourth-order valence-electron chi connectivity index (χ4n) is 1.44. The van der Waals surface area contributed by atoms with Gasteiger partial charge >= 0.3 is 0 Å². The maximum Gasteiger partial charge on any atom is 0.135 e. The number of hydrogen-bond acceptors (Lipinski definition) is 5. The van der Waals surface area contributed by atoms with E-state index in [2.05, 4.69) is 14.9 Å². The van der Waals surface area contributed by atoms with Crippen molar-refractivity contribution < 1.29 is 4.74 Å². The Morgan fingerprint density at radius 3 is 2.78 bits per heavy atom. The minimum absolute atomic E-state index is 0.460. The molecule has 0 aliphatic carbocycles. The summed E-state index contributed by atoms with van der Waals surface area (Å²) in [6.07, 6.45) is 0. The summed E-state index contributed by atoms with van der Waals surface area (Å²) in [4.78, 5) is 0. The summed E-state index contributed by atoms with van der Waals surface area (Å²) in [5, 5.41) is 8.96. The highest BCUT2D eigenvalue weighted by atomic mass is 35.5. The van der Waals surface area contributed by atoms with Crippen molar-refractivity contribution in [1.29, 1.82) is 0 Å². The zero-order valence-electron chi connectivity index (χ0n) is 10.0. The van der Waals surface area contributed by atoms with Crippen molar-refractivity contribution in [2.45, 2.75) is 20.1 Å². The van der Waals surface area contributed by atoms with Crippen LogP contribution in [0.3, 0.4) is 0 Å². The van der Waals surface area contributed by atoms with E-state index in [9.17, 15) is 0 Å². The van der Waals surface area contributed by atoms with Gasteiger partial charge in [-0.15, -0.1) is 5.10 Å². The van der Waals surface area contributed by atoms with Crippen LogP contribution in [-0.2, 0) is 18.0 Å². The summed E-state index contributed by atoms with van der Waals surface area (Å²) in [6.45, 7) is 3.90. The van der Waals surface area contributed by atoms with Crippen molar-refractivity contribution in [2.75, 3.05) is 11.9 Å². The Hall–Kier alpha value is -1.17. The summed E-state index contributed by atoms with van der Waals surface area (Å²) in [7, 11) is 0. The fourth-order valence-corrected chi connectivity index (χ4v) is 2.21. The normalized spacial score (nSPS) is 10.6. The molecule has 2 aromatic rings. The molecule has 1 aromatic heterocycles. The van der Waals surface area contributed by atoms with E-state index in [-0.39, 0.29) is 0 Å². The zero-order valence-corrected chi connectivity index (χ0v) is 11.6. The molecule has 0 saturated carbocycles. The zero-order chi connectivity index (χ0) is 12.8.